The Morgan fingerprint density at radius 1 is 1.11 bits per heavy atom. The normalized spacial score (nSPS) is 22.1. The molecule has 37 heavy (non-hydrogen) atoms. The van der Waals surface area contributed by atoms with Crippen molar-refractivity contribution >= 4 is 58.4 Å². The van der Waals surface area contributed by atoms with Gasteiger partial charge in [-0.1, -0.05) is 48.2 Å². The van der Waals surface area contributed by atoms with E-state index in [4.69, 9.17) is 39.7 Å². The summed E-state index contributed by atoms with van der Waals surface area (Å²) in [6, 6.07) is 5.60. The molecule has 1 aromatic carbocycles. The smallest absolute Gasteiger partial charge is 0.328 e. The molecule has 1 saturated heterocycles. The van der Waals surface area contributed by atoms with Crippen molar-refractivity contribution in [1.82, 2.24) is 14.7 Å². The molecule has 8 nitrogen and oxygen atoms in total. The van der Waals surface area contributed by atoms with Gasteiger partial charge in [-0.25, -0.2) is 9.21 Å². The SMILES string of the molecule is CCOC(=O)[C@H](Cc1ccc(NC(=O)c2c(Cl)cncc2Cl)cc1)NC(=O)[C@@H]1C2CCCCC2CN1Cl. The van der Waals surface area contributed by atoms with Crippen molar-refractivity contribution < 1.29 is 19.1 Å². The van der Waals surface area contributed by atoms with Crippen LogP contribution in [0.25, 0.3) is 0 Å². The molecular weight excluding hydrogens is 539 g/mol. The van der Waals surface area contributed by atoms with Crippen molar-refractivity contribution in [3.8, 4) is 0 Å². The van der Waals surface area contributed by atoms with E-state index in [9.17, 15) is 14.4 Å². The molecule has 1 aromatic heterocycles. The highest BCUT2D eigenvalue weighted by atomic mass is 35.5. The Hall–Kier alpha value is -2.39. The van der Waals surface area contributed by atoms with Gasteiger partial charge < -0.3 is 15.4 Å². The fraction of sp³-hybridized carbons (Fsp3) is 0.462. The summed E-state index contributed by atoms with van der Waals surface area (Å²) in [7, 11) is 0. The van der Waals surface area contributed by atoms with Gasteiger partial charge >= 0.3 is 5.97 Å². The molecule has 11 heteroatoms. The number of rotatable bonds is 8. The number of anilines is 1. The van der Waals surface area contributed by atoms with E-state index in [1.807, 2.05) is 0 Å². The van der Waals surface area contributed by atoms with Gasteiger partial charge in [0.25, 0.3) is 5.91 Å². The number of carbonyl (C=O) groups excluding carboxylic acids is 3. The average Bonchev–Trinajstić information content (AvgIpc) is 3.20. The van der Waals surface area contributed by atoms with Crippen LogP contribution in [0.5, 0.6) is 0 Å². The predicted molar refractivity (Wildman–Crippen MR) is 143 cm³/mol. The number of hydrogen-bond donors (Lipinski definition) is 2. The summed E-state index contributed by atoms with van der Waals surface area (Å²) in [5, 5.41) is 5.93. The van der Waals surface area contributed by atoms with Gasteiger partial charge in [-0.05, 0) is 61.1 Å². The molecule has 4 atom stereocenters. The molecular formula is C26H29Cl3N4O4. The van der Waals surface area contributed by atoms with Crippen molar-refractivity contribution in [1.29, 1.82) is 0 Å². The Bertz CT molecular complexity index is 1130. The molecule has 2 fully saturated rings. The van der Waals surface area contributed by atoms with Crippen LogP contribution >= 0.6 is 35.0 Å². The lowest BCUT2D eigenvalue weighted by Gasteiger charge is -2.29. The standard InChI is InChI=1S/C26H29Cl3N4O4/c1-2-37-26(36)21(32-25(35)23-18-6-4-3-5-16(18)14-33(23)29)11-15-7-9-17(10-8-15)31-24(34)22-19(27)12-30-13-20(22)28/h7-10,12-13,16,18,21,23H,2-6,11,14H2,1H3,(H,31,34)(H,32,35)/t16?,18?,21-,23-/m0/s1. The van der Waals surface area contributed by atoms with Crippen LogP contribution in [0.15, 0.2) is 36.7 Å². The quantitative estimate of drug-likeness (QED) is 0.349. The summed E-state index contributed by atoms with van der Waals surface area (Å²) in [6.45, 7) is 2.60. The van der Waals surface area contributed by atoms with Gasteiger partial charge in [0.15, 0.2) is 0 Å². The molecule has 2 aromatic rings. The minimum absolute atomic E-state index is 0.132. The first-order valence-corrected chi connectivity index (χ1v) is 13.5. The Kier molecular flexibility index (Phi) is 9.29. The van der Waals surface area contributed by atoms with Crippen LogP contribution in [0.2, 0.25) is 10.0 Å². The number of nitrogens with one attached hydrogen (secondary N) is 2. The zero-order valence-electron chi connectivity index (χ0n) is 20.4. The van der Waals surface area contributed by atoms with Crippen molar-refractivity contribution in [2.75, 3.05) is 18.5 Å². The molecule has 2 unspecified atom stereocenters. The molecule has 2 N–H and O–H groups in total. The summed E-state index contributed by atoms with van der Waals surface area (Å²) < 4.78 is 6.83. The van der Waals surface area contributed by atoms with E-state index in [0.29, 0.717) is 18.2 Å². The highest BCUT2D eigenvalue weighted by molar-refractivity contribution is 6.40. The highest BCUT2D eigenvalue weighted by Crippen LogP contribution is 2.41. The van der Waals surface area contributed by atoms with Crippen LogP contribution in [0, 0.1) is 11.8 Å². The Labute approximate surface area is 231 Å². The van der Waals surface area contributed by atoms with Gasteiger partial charge in [0.05, 0.1) is 22.2 Å². The first-order valence-electron chi connectivity index (χ1n) is 12.4. The molecule has 0 bridgehead atoms. The van der Waals surface area contributed by atoms with Crippen LogP contribution < -0.4 is 10.6 Å². The second kappa shape index (κ2) is 12.4. The maximum absolute atomic E-state index is 13.3. The molecule has 2 aliphatic rings. The maximum Gasteiger partial charge on any atom is 0.328 e. The first kappa shape index (κ1) is 27.6. The molecule has 2 amide bonds. The van der Waals surface area contributed by atoms with Crippen molar-refractivity contribution in [3.63, 3.8) is 0 Å². The summed E-state index contributed by atoms with van der Waals surface area (Å²) in [6.07, 6.45) is 7.19. The Balaban J connectivity index is 1.43. The molecule has 198 valence electrons. The lowest BCUT2D eigenvalue weighted by molar-refractivity contribution is -0.147. The number of ether oxygens (including phenoxy) is 1. The zero-order chi connectivity index (χ0) is 26.5. The van der Waals surface area contributed by atoms with E-state index in [2.05, 4.69) is 15.6 Å². The highest BCUT2D eigenvalue weighted by Gasteiger charge is 2.46. The first-order chi connectivity index (χ1) is 17.8. The van der Waals surface area contributed by atoms with Gasteiger partial charge in [-0.15, -0.1) is 0 Å². The monoisotopic (exact) mass is 566 g/mol. The number of carbonyl (C=O) groups is 3. The number of aromatic nitrogens is 1. The lowest BCUT2D eigenvalue weighted by atomic mass is 9.78. The van der Waals surface area contributed by atoms with Gasteiger partial charge in [0.1, 0.15) is 12.1 Å². The lowest BCUT2D eigenvalue weighted by Crippen LogP contribution is -2.51. The number of hydrogen-bond acceptors (Lipinski definition) is 6. The second-order valence-electron chi connectivity index (χ2n) is 9.38. The number of fused-ring (bicyclic) bond motifs is 1. The van der Waals surface area contributed by atoms with Crippen molar-refractivity contribution in [3.05, 3.63) is 57.8 Å². The zero-order valence-corrected chi connectivity index (χ0v) is 22.7. The van der Waals surface area contributed by atoms with E-state index in [-0.39, 0.29) is 40.5 Å². The summed E-state index contributed by atoms with van der Waals surface area (Å²) >= 11 is 18.6. The summed E-state index contributed by atoms with van der Waals surface area (Å²) in [5.41, 5.74) is 1.43. The van der Waals surface area contributed by atoms with E-state index in [1.165, 1.54) is 12.4 Å². The fourth-order valence-corrected chi connectivity index (χ4v) is 6.17. The third-order valence-corrected chi connectivity index (χ3v) is 7.89. The number of halogens is 3. The molecule has 0 spiro atoms. The Morgan fingerprint density at radius 2 is 1.78 bits per heavy atom. The largest absolute Gasteiger partial charge is 0.464 e. The van der Waals surface area contributed by atoms with Crippen molar-refractivity contribution in [2.24, 2.45) is 11.8 Å². The molecule has 1 aliphatic carbocycles. The van der Waals surface area contributed by atoms with Crippen LogP contribution in [-0.2, 0) is 20.7 Å². The predicted octanol–water partition coefficient (Wildman–Crippen LogP) is 4.88. The minimum Gasteiger partial charge on any atom is -0.464 e. The van der Waals surface area contributed by atoms with Crippen molar-refractivity contribution in [2.45, 2.75) is 51.1 Å². The van der Waals surface area contributed by atoms with Gasteiger partial charge in [0.2, 0.25) is 5.91 Å². The topological polar surface area (TPSA) is 101 Å². The average molecular weight is 568 g/mol. The summed E-state index contributed by atoms with van der Waals surface area (Å²) in [5.74, 6) is -0.626. The van der Waals surface area contributed by atoms with E-state index in [0.717, 1.165) is 31.2 Å². The third-order valence-electron chi connectivity index (χ3n) is 6.97. The fourth-order valence-electron chi connectivity index (χ4n) is 5.22. The molecule has 1 saturated carbocycles. The molecule has 2 heterocycles. The van der Waals surface area contributed by atoms with Crippen LogP contribution in [0.4, 0.5) is 5.69 Å². The number of esters is 1. The van der Waals surface area contributed by atoms with Gasteiger partial charge in [0, 0.05) is 31.0 Å². The minimum atomic E-state index is -0.866. The van der Waals surface area contributed by atoms with Crippen LogP contribution in [-0.4, -0.2) is 52.4 Å². The maximum atomic E-state index is 13.3. The summed E-state index contributed by atoms with van der Waals surface area (Å²) in [4.78, 5) is 42.5. The Morgan fingerprint density at radius 3 is 2.46 bits per heavy atom. The van der Waals surface area contributed by atoms with E-state index in [1.54, 1.807) is 35.6 Å². The second-order valence-corrected chi connectivity index (χ2v) is 10.6. The third kappa shape index (κ3) is 6.55. The van der Waals surface area contributed by atoms with Gasteiger partial charge in [-0.2, -0.15) is 0 Å². The van der Waals surface area contributed by atoms with Gasteiger partial charge in [-0.3, -0.25) is 14.6 Å². The number of pyridine rings is 1. The van der Waals surface area contributed by atoms with Crippen LogP contribution in [0.1, 0.15) is 48.5 Å². The molecule has 4 rings (SSSR count). The van der Waals surface area contributed by atoms with E-state index < -0.39 is 24.0 Å². The molecule has 0 radical (unpaired) electrons. The number of benzene rings is 1. The number of nitrogens with zero attached hydrogens (tertiary/aromatic N) is 2. The van der Waals surface area contributed by atoms with Crippen LogP contribution in [0.3, 0.4) is 0 Å². The number of amides is 2. The van der Waals surface area contributed by atoms with E-state index >= 15 is 0 Å². The molecule has 1 aliphatic heterocycles.